The minimum atomic E-state index is -1.13. The van der Waals surface area contributed by atoms with Crippen LogP contribution < -0.4 is 5.11 Å². The van der Waals surface area contributed by atoms with E-state index in [0.29, 0.717) is 19.3 Å². The van der Waals surface area contributed by atoms with Crippen molar-refractivity contribution in [3.8, 4) is 0 Å². The highest BCUT2D eigenvalue weighted by Gasteiger charge is 2.25. The summed E-state index contributed by atoms with van der Waals surface area (Å²) in [6, 6.07) is -0.729. The first kappa shape index (κ1) is 51.3. The number of allylic oxidation sites excluding steroid dienone is 8. The Morgan fingerprint density at radius 2 is 1.06 bits per heavy atom. The van der Waals surface area contributed by atoms with Crippen molar-refractivity contribution in [3.05, 3.63) is 48.6 Å². The molecule has 0 aliphatic heterocycles. The van der Waals surface area contributed by atoms with Crippen LogP contribution in [0.5, 0.6) is 0 Å². The van der Waals surface area contributed by atoms with Crippen LogP contribution >= 0.6 is 0 Å². The Kier molecular flexibility index (Phi) is 35.4. The standard InChI is InChI=1S/C46H81NO7/c1-6-8-10-12-14-16-17-18-19-20-21-22-23-24-25-26-27-29-31-33-35-37-45(49)54-42(40-52-39-38-43(46(50)51)47(3,4)5)41-53-44(48)36-34-32-30-28-15-13-11-9-7-2/h8,10,14,16,18-19,28,30,42-43H,6-7,9,11-13,15,17,20-27,29,31-41H2,1-5H3/b10-8+,16-14+,19-18+,30-28+. The van der Waals surface area contributed by atoms with Crippen LogP contribution in [0, 0.1) is 0 Å². The predicted octanol–water partition coefficient (Wildman–Crippen LogP) is 10.3. The van der Waals surface area contributed by atoms with Gasteiger partial charge in [-0.2, -0.15) is 0 Å². The fourth-order valence-electron chi connectivity index (χ4n) is 6.09. The molecule has 0 heterocycles. The molecule has 0 aliphatic rings. The monoisotopic (exact) mass is 760 g/mol. The lowest BCUT2D eigenvalue weighted by atomic mass is 10.0. The number of carbonyl (C=O) groups excluding carboxylic acids is 3. The van der Waals surface area contributed by atoms with E-state index < -0.39 is 18.1 Å². The second kappa shape index (κ2) is 37.2. The van der Waals surface area contributed by atoms with Gasteiger partial charge in [-0.15, -0.1) is 0 Å². The Morgan fingerprint density at radius 1 is 0.574 bits per heavy atom. The van der Waals surface area contributed by atoms with E-state index in [9.17, 15) is 19.5 Å². The average molecular weight is 760 g/mol. The fourth-order valence-corrected chi connectivity index (χ4v) is 6.09. The molecule has 0 aromatic rings. The first-order valence-corrected chi connectivity index (χ1v) is 21.7. The molecule has 0 saturated carbocycles. The number of likely N-dealkylation sites (N-methyl/N-ethyl adjacent to an activating group) is 1. The van der Waals surface area contributed by atoms with Crippen molar-refractivity contribution in [1.29, 1.82) is 0 Å². The summed E-state index contributed by atoms with van der Waals surface area (Å²) in [6.45, 7) is 4.48. The van der Waals surface area contributed by atoms with Crippen LogP contribution in [0.1, 0.15) is 174 Å². The van der Waals surface area contributed by atoms with Crippen LogP contribution in [-0.4, -0.2) is 75.5 Å². The van der Waals surface area contributed by atoms with Crippen molar-refractivity contribution in [3.63, 3.8) is 0 Å². The Bertz CT molecular complexity index is 1030. The Balaban J connectivity index is 4.27. The number of ether oxygens (including phenoxy) is 3. The molecule has 2 unspecified atom stereocenters. The third-order valence-corrected chi connectivity index (χ3v) is 9.45. The summed E-state index contributed by atoms with van der Waals surface area (Å²) in [6.07, 6.45) is 42.9. The molecule has 0 aromatic carbocycles. The highest BCUT2D eigenvalue weighted by atomic mass is 16.6. The average Bonchev–Trinajstić information content (AvgIpc) is 3.12. The molecule has 312 valence electrons. The first-order valence-electron chi connectivity index (χ1n) is 21.7. The normalized spacial score (nSPS) is 13.4. The van der Waals surface area contributed by atoms with Gasteiger partial charge in [0.15, 0.2) is 6.10 Å². The zero-order valence-corrected chi connectivity index (χ0v) is 35.4. The first-order chi connectivity index (χ1) is 26.1. The van der Waals surface area contributed by atoms with Gasteiger partial charge in [-0.1, -0.05) is 140 Å². The van der Waals surface area contributed by atoms with Crippen LogP contribution in [0.2, 0.25) is 0 Å². The maximum atomic E-state index is 12.7. The van der Waals surface area contributed by atoms with Gasteiger partial charge in [-0.05, 0) is 64.2 Å². The Morgan fingerprint density at radius 3 is 1.61 bits per heavy atom. The summed E-state index contributed by atoms with van der Waals surface area (Å²) < 4.78 is 17.1. The largest absolute Gasteiger partial charge is 0.544 e. The van der Waals surface area contributed by atoms with Crippen molar-refractivity contribution in [2.24, 2.45) is 0 Å². The quantitative estimate of drug-likeness (QED) is 0.0267. The van der Waals surface area contributed by atoms with E-state index >= 15 is 0 Å². The van der Waals surface area contributed by atoms with Gasteiger partial charge in [0.05, 0.1) is 40.3 Å². The molecule has 0 rings (SSSR count). The third kappa shape index (κ3) is 35.0. The minimum Gasteiger partial charge on any atom is -0.544 e. The van der Waals surface area contributed by atoms with Crippen LogP contribution in [0.4, 0.5) is 0 Å². The number of hydrogen-bond donors (Lipinski definition) is 0. The third-order valence-electron chi connectivity index (χ3n) is 9.45. The van der Waals surface area contributed by atoms with Crippen molar-refractivity contribution in [2.75, 3.05) is 41.0 Å². The van der Waals surface area contributed by atoms with Crippen LogP contribution in [0.15, 0.2) is 48.6 Å². The van der Waals surface area contributed by atoms with Crippen molar-refractivity contribution < 1.29 is 38.2 Å². The van der Waals surface area contributed by atoms with Gasteiger partial charge in [0, 0.05) is 19.3 Å². The summed E-state index contributed by atoms with van der Waals surface area (Å²) in [5.41, 5.74) is 0. The summed E-state index contributed by atoms with van der Waals surface area (Å²) in [7, 11) is 5.39. The summed E-state index contributed by atoms with van der Waals surface area (Å²) in [4.78, 5) is 36.7. The highest BCUT2D eigenvalue weighted by molar-refractivity contribution is 5.70. The zero-order chi connectivity index (χ0) is 40.0. The molecule has 54 heavy (non-hydrogen) atoms. The molecule has 2 atom stereocenters. The minimum absolute atomic E-state index is 0.0309. The second-order valence-corrected chi connectivity index (χ2v) is 15.5. The maximum Gasteiger partial charge on any atom is 0.306 e. The van der Waals surface area contributed by atoms with Crippen molar-refractivity contribution >= 4 is 17.9 Å². The van der Waals surface area contributed by atoms with Crippen molar-refractivity contribution in [1.82, 2.24) is 0 Å². The van der Waals surface area contributed by atoms with Crippen molar-refractivity contribution in [2.45, 2.75) is 187 Å². The number of hydrogen-bond acceptors (Lipinski definition) is 7. The molecule has 0 bridgehead atoms. The van der Waals surface area contributed by atoms with E-state index in [1.54, 1.807) is 21.1 Å². The molecule has 8 heteroatoms. The molecule has 0 saturated heterocycles. The van der Waals surface area contributed by atoms with E-state index in [2.05, 4.69) is 62.5 Å². The Labute approximate surface area is 331 Å². The molecule has 8 nitrogen and oxygen atoms in total. The lowest BCUT2D eigenvalue weighted by Gasteiger charge is -2.34. The van der Waals surface area contributed by atoms with Gasteiger partial charge < -0.3 is 28.6 Å². The molecule has 0 aliphatic carbocycles. The van der Waals surface area contributed by atoms with E-state index in [1.165, 1.54) is 83.5 Å². The maximum absolute atomic E-state index is 12.7. The molecular formula is C46H81NO7. The molecular weight excluding hydrogens is 679 g/mol. The smallest absolute Gasteiger partial charge is 0.306 e. The van der Waals surface area contributed by atoms with E-state index in [-0.39, 0.29) is 42.7 Å². The molecule has 0 amide bonds. The number of carbonyl (C=O) groups is 3. The number of carboxylic acids is 1. The topological polar surface area (TPSA) is 102 Å². The van der Waals surface area contributed by atoms with Gasteiger partial charge in [-0.25, -0.2) is 0 Å². The van der Waals surface area contributed by atoms with Gasteiger partial charge in [0.2, 0.25) is 0 Å². The molecule has 0 spiro atoms. The molecule has 0 aromatic heterocycles. The molecule has 0 N–H and O–H groups in total. The van der Waals surface area contributed by atoms with E-state index in [4.69, 9.17) is 14.2 Å². The number of quaternary nitrogens is 1. The number of esters is 2. The fraction of sp³-hybridized carbons (Fsp3) is 0.761. The second-order valence-electron chi connectivity index (χ2n) is 15.5. The lowest BCUT2D eigenvalue weighted by molar-refractivity contribution is -0.889. The zero-order valence-electron chi connectivity index (χ0n) is 35.4. The SMILES string of the molecule is CC/C=C/C/C=C/C/C=C/CCCCCCCCCCCCCC(=O)OC(COCCC(C(=O)[O-])[N+](C)(C)C)COC(=O)CCC/C=C/CCCCCC. The number of rotatable bonds is 38. The number of aliphatic carboxylic acids is 1. The predicted molar refractivity (Wildman–Crippen MR) is 222 cm³/mol. The number of nitrogens with zero attached hydrogens (tertiary/aromatic N) is 1. The van der Waals surface area contributed by atoms with E-state index in [1.807, 2.05) is 0 Å². The summed E-state index contributed by atoms with van der Waals surface area (Å²) >= 11 is 0. The Hall–Kier alpha value is -2.71. The van der Waals surface area contributed by atoms with Crippen LogP contribution in [0.25, 0.3) is 0 Å². The van der Waals surface area contributed by atoms with Crippen LogP contribution in [-0.2, 0) is 28.6 Å². The van der Waals surface area contributed by atoms with E-state index in [0.717, 1.165) is 51.4 Å². The van der Waals surface area contributed by atoms with Gasteiger partial charge in [0.25, 0.3) is 0 Å². The summed E-state index contributed by atoms with van der Waals surface area (Å²) in [5, 5.41) is 11.6. The van der Waals surface area contributed by atoms with Gasteiger partial charge >= 0.3 is 11.9 Å². The van der Waals surface area contributed by atoms with Gasteiger partial charge in [-0.3, -0.25) is 9.59 Å². The highest BCUT2D eigenvalue weighted by Crippen LogP contribution is 2.14. The number of unbranched alkanes of at least 4 members (excludes halogenated alkanes) is 16. The lowest BCUT2D eigenvalue weighted by Crippen LogP contribution is -2.55. The summed E-state index contributed by atoms with van der Waals surface area (Å²) in [5.74, 6) is -1.78. The van der Waals surface area contributed by atoms with Gasteiger partial charge in [0.1, 0.15) is 12.6 Å². The van der Waals surface area contributed by atoms with Crippen LogP contribution in [0.3, 0.4) is 0 Å². The number of carboxylic acid groups (broad SMARTS) is 1. The molecule has 0 fully saturated rings. The molecule has 0 radical (unpaired) electrons.